The first kappa shape index (κ1) is 22.3. The standard InChI is InChI=1S/C17H25FNO6P/c1-14(20)19(10-9-18)11-16(13-26(22,23-2)24-3)17(21)25-12-15-7-5-4-6-8-15/h4-8,16H,9-13H2,1-3H3. The Morgan fingerprint density at radius 2 is 1.81 bits per heavy atom. The maximum atomic E-state index is 12.7. The lowest BCUT2D eigenvalue weighted by Gasteiger charge is -2.26. The third-order valence-corrected chi connectivity index (χ3v) is 5.80. The van der Waals surface area contributed by atoms with Gasteiger partial charge in [-0.25, -0.2) is 4.39 Å². The molecular formula is C17H25FNO6P. The van der Waals surface area contributed by atoms with E-state index in [1.165, 1.54) is 26.0 Å². The van der Waals surface area contributed by atoms with E-state index in [2.05, 4.69) is 0 Å². The second-order valence-corrected chi connectivity index (χ2v) is 7.92. The van der Waals surface area contributed by atoms with Gasteiger partial charge in [-0.05, 0) is 5.56 Å². The molecule has 0 radical (unpaired) electrons. The third-order valence-electron chi connectivity index (χ3n) is 3.80. The van der Waals surface area contributed by atoms with Gasteiger partial charge < -0.3 is 18.7 Å². The summed E-state index contributed by atoms with van der Waals surface area (Å²) in [6.45, 7) is 0.251. The molecular weight excluding hydrogens is 364 g/mol. The highest BCUT2D eigenvalue weighted by Gasteiger charge is 2.34. The topological polar surface area (TPSA) is 82.1 Å². The highest BCUT2D eigenvalue weighted by molar-refractivity contribution is 7.53. The van der Waals surface area contributed by atoms with Crippen molar-refractivity contribution >= 4 is 19.5 Å². The lowest BCUT2D eigenvalue weighted by molar-refractivity contribution is -0.150. The molecule has 1 amide bonds. The van der Waals surface area contributed by atoms with E-state index in [4.69, 9.17) is 13.8 Å². The first-order valence-corrected chi connectivity index (χ1v) is 9.80. The van der Waals surface area contributed by atoms with E-state index in [0.29, 0.717) is 0 Å². The van der Waals surface area contributed by atoms with E-state index < -0.39 is 32.1 Å². The minimum Gasteiger partial charge on any atom is -0.461 e. The molecule has 9 heteroatoms. The Bertz CT molecular complexity index is 619. The van der Waals surface area contributed by atoms with Gasteiger partial charge >= 0.3 is 13.6 Å². The number of hydrogen-bond acceptors (Lipinski definition) is 6. The number of carbonyl (C=O) groups excluding carboxylic acids is 2. The second kappa shape index (κ2) is 11.1. The molecule has 0 aliphatic rings. The van der Waals surface area contributed by atoms with Gasteiger partial charge in [0.05, 0.1) is 12.1 Å². The van der Waals surface area contributed by atoms with E-state index in [-0.39, 0.29) is 25.9 Å². The number of hydrogen-bond donors (Lipinski definition) is 0. The van der Waals surface area contributed by atoms with Gasteiger partial charge in [0.1, 0.15) is 13.3 Å². The minimum absolute atomic E-state index is 0.0314. The quantitative estimate of drug-likeness (QED) is 0.428. The first-order valence-electron chi connectivity index (χ1n) is 8.07. The molecule has 146 valence electrons. The Morgan fingerprint density at radius 1 is 1.19 bits per heavy atom. The third kappa shape index (κ3) is 7.23. The van der Waals surface area contributed by atoms with E-state index in [1.807, 2.05) is 18.2 Å². The molecule has 0 fully saturated rings. The van der Waals surface area contributed by atoms with E-state index in [0.717, 1.165) is 5.56 Å². The molecule has 0 N–H and O–H groups in total. The van der Waals surface area contributed by atoms with Crippen LogP contribution < -0.4 is 0 Å². The smallest absolute Gasteiger partial charge is 0.331 e. The van der Waals surface area contributed by atoms with Crippen LogP contribution in [0.5, 0.6) is 0 Å². The molecule has 0 bridgehead atoms. The van der Waals surface area contributed by atoms with Gasteiger partial charge in [0.2, 0.25) is 5.91 Å². The lowest BCUT2D eigenvalue weighted by Crippen LogP contribution is -2.39. The van der Waals surface area contributed by atoms with Crippen LogP contribution in [-0.4, -0.2) is 56.9 Å². The lowest BCUT2D eigenvalue weighted by atomic mass is 10.1. The monoisotopic (exact) mass is 389 g/mol. The van der Waals surface area contributed by atoms with Crippen molar-refractivity contribution in [2.24, 2.45) is 5.92 Å². The van der Waals surface area contributed by atoms with Crippen LogP contribution in [-0.2, 0) is 34.5 Å². The Balaban J connectivity index is 2.88. The van der Waals surface area contributed by atoms with E-state index in [1.54, 1.807) is 12.1 Å². The summed E-state index contributed by atoms with van der Waals surface area (Å²) >= 11 is 0. The number of esters is 1. The summed E-state index contributed by atoms with van der Waals surface area (Å²) in [7, 11) is -1.11. The van der Waals surface area contributed by atoms with Gasteiger partial charge in [-0.2, -0.15) is 0 Å². The van der Waals surface area contributed by atoms with Gasteiger partial charge in [0.15, 0.2) is 0 Å². The summed E-state index contributed by atoms with van der Waals surface area (Å²) in [5.74, 6) is -2.03. The van der Waals surface area contributed by atoms with Crippen LogP contribution in [0.2, 0.25) is 0 Å². The summed E-state index contributed by atoms with van der Waals surface area (Å²) < 4.78 is 40.1. The fraction of sp³-hybridized carbons (Fsp3) is 0.529. The Kier molecular flexibility index (Phi) is 9.48. The van der Waals surface area contributed by atoms with Crippen LogP contribution in [0.25, 0.3) is 0 Å². The number of benzene rings is 1. The number of nitrogens with zero attached hydrogens (tertiary/aromatic N) is 1. The number of amides is 1. The Labute approximate surface area is 152 Å². The summed E-state index contributed by atoms with van der Waals surface area (Å²) in [4.78, 5) is 25.3. The first-order chi connectivity index (χ1) is 12.3. The molecule has 0 aliphatic carbocycles. The van der Waals surface area contributed by atoms with Crippen molar-refractivity contribution in [1.82, 2.24) is 4.90 Å². The zero-order valence-corrected chi connectivity index (χ0v) is 16.1. The van der Waals surface area contributed by atoms with Crippen molar-refractivity contribution in [3.8, 4) is 0 Å². The zero-order chi connectivity index (χ0) is 19.6. The molecule has 1 aromatic carbocycles. The highest BCUT2D eigenvalue weighted by atomic mass is 31.2. The van der Waals surface area contributed by atoms with Gasteiger partial charge in [0, 0.05) is 34.2 Å². The molecule has 1 atom stereocenters. The highest BCUT2D eigenvalue weighted by Crippen LogP contribution is 2.48. The van der Waals surface area contributed by atoms with Crippen LogP contribution in [0.1, 0.15) is 12.5 Å². The predicted molar refractivity (Wildman–Crippen MR) is 94.4 cm³/mol. The summed E-state index contributed by atoms with van der Waals surface area (Å²) in [6, 6.07) is 9.04. The zero-order valence-electron chi connectivity index (χ0n) is 15.2. The summed E-state index contributed by atoms with van der Waals surface area (Å²) in [5.41, 5.74) is 0.786. The summed E-state index contributed by atoms with van der Waals surface area (Å²) in [6.07, 6.45) is -0.274. The van der Waals surface area contributed by atoms with Crippen molar-refractivity contribution in [3.63, 3.8) is 0 Å². The minimum atomic E-state index is -3.52. The fourth-order valence-corrected chi connectivity index (χ4v) is 3.54. The van der Waals surface area contributed by atoms with Crippen LogP contribution in [0.15, 0.2) is 30.3 Å². The van der Waals surface area contributed by atoms with Crippen LogP contribution >= 0.6 is 7.60 Å². The molecule has 1 rings (SSSR count). The molecule has 1 aromatic rings. The van der Waals surface area contributed by atoms with Crippen molar-refractivity contribution in [3.05, 3.63) is 35.9 Å². The molecule has 0 heterocycles. The molecule has 1 unspecified atom stereocenters. The second-order valence-electron chi connectivity index (χ2n) is 5.60. The maximum absolute atomic E-state index is 12.7. The van der Waals surface area contributed by atoms with E-state index >= 15 is 0 Å². The molecule has 0 aliphatic heterocycles. The van der Waals surface area contributed by atoms with Crippen molar-refractivity contribution in [1.29, 1.82) is 0 Å². The van der Waals surface area contributed by atoms with Gasteiger partial charge in [-0.15, -0.1) is 0 Å². The van der Waals surface area contributed by atoms with Crippen LogP contribution in [0.3, 0.4) is 0 Å². The Hall–Kier alpha value is -1.76. The van der Waals surface area contributed by atoms with Gasteiger partial charge in [-0.3, -0.25) is 14.2 Å². The number of carbonyl (C=O) groups is 2. The van der Waals surface area contributed by atoms with Crippen LogP contribution in [0.4, 0.5) is 4.39 Å². The average molecular weight is 389 g/mol. The van der Waals surface area contributed by atoms with Gasteiger partial charge in [-0.1, -0.05) is 30.3 Å². The molecule has 0 aromatic heterocycles. The fourth-order valence-electron chi connectivity index (χ4n) is 2.29. The normalized spacial score (nSPS) is 12.5. The molecule has 7 nitrogen and oxygen atoms in total. The Morgan fingerprint density at radius 3 is 2.31 bits per heavy atom. The number of rotatable bonds is 11. The van der Waals surface area contributed by atoms with Gasteiger partial charge in [0.25, 0.3) is 0 Å². The summed E-state index contributed by atoms with van der Waals surface area (Å²) in [5, 5.41) is 0. The van der Waals surface area contributed by atoms with Crippen molar-refractivity contribution < 1.29 is 32.3 Å². The SMILES string of the molecule is COP(=O)(CC(CN(CCF)C(C)=O)C(=O)OCc1ccccc1)OC. The molecule has 0 spiro atoms. The average Bonchev–Trinajstić information content (AvgIpc) is 2.65. The van der Waals surface area contributed by atoms with Crippen LogP contribution in [0, 0.1) is 5.92 Å². The number of ether oxygens (including phenoxy) is 1. The maximum Gasteiger partial charge on any atom is 0.331 e. The van der Waals surface area contributed by atoms with E-state index in [9.17, 15) is 18.5 Å². The molecule has 0 saturated heterocycles. The largest absolute Gasteiger partial charge is 0.461 e. The number of alkyl halides is 1. The molecule has 26 heavy (non-hydrogen) atoms. The number of halogens is 1. The van der Waals surface area contributed by atoms with Crippen molar-refractivity contribution in [2.45, 2.75) is 13.5 Å². The van der Waals surface area contributed by atoms with Crippen molar-refractivity contribution in [2.75, 3.05) is 40.1 Å². The molecule has 0 saturated carbocycles. The predicted octanol–water partition coefficient (Wildman–Crippen LogP) is 2.65.